The number of ether oxygens (including phenoxy) is 1. The van der Waals surface area contributed by atoms with Crippen molar-refractivity contribution in [1.82, 2.24) is 4.90 Å². The minimum atomic E-state index is -0.225. The van der Waals surface area contributed by atoms with Crippen molar-refractivity contribution in [3.05, 3.63) is 88.4 Å². The van der Waals surface area contributed by atoms with Crippen molar-refractivity contribution in [3.63, 3.8) is 0 Å². The lowest BCUT2D eigenvalue weighted by Gasteiger charge is -2.36. The molecular formula is C29H32ClN3O3. The van der Waals surface area contributed by atoms with E-state index in [0.29, 0.717) is 48.2 Å². The van der Waals surface area contributed by atoms with Crippen LogP contribution in [0.1, 0.15) is 46.5 Å². The minimum Gasteiger partial charge on any atom is -0.491 e. The van der Waals surface area contributed by atoms with Gasteiger partial charge in [-0.15, -0.1) is 0 Å². The number of carbonyl (C=O) groups excluding carboxylic acids is 2. The Balaban J connectivity index is 1.37. The molecule has 6 nitrogen and oxygen atoms in total. The molecule has 4 rings (SSSR count). The standard InChI is InChI=1S/C29H32ClN3O3/c1-4-21(3)36-24-10-7-9-22(18-24)28(34)31-23-12-13-27(26(30)19-23)32-14-16-33(17-15-32)29(35)25-11-6-5-8-20(25)2/h5-13,18-19,21H,4,14-17H2,1-3H3,(H,31,34). The highest BCUT2D eigenvalue weighted by Crippen LogP contribution is 2.30. The van der Waals surface area contributed by atoms with Crippen LogP contribution in [0, 0.1) is 6.92 Å². The van der Waals surface area contributed by atoms with E-state index in [1.54, 1.807) is 18.2 Å². The van der Waals surface area contributed by atoms with Gasteiger partial charge in [-0.05, 0) is 68.3 Å². The van der Waals surface area contributed by atoms with Gasteiger partial charge in [-0.1, -0.05) is 42.8 Å². The fourth-order valence-corrected chi connectivity index (χ4v) is 4.50. The van der Waals surface area contributed by atoms with E-state index in [0.717, 1.165) is 23.2 Å². The van der Waals surface area contributed by atoms with Crippen molar-refractivity contribution < 1.29 is 14.3 Å². The molecule has 1 atom stereocenters. The SMILES string of the molecule is CCC(C)Oc1cccc(C(=O)Nc2ccc(N3CCN(C(=O)c4ccccc4C)CC3)c(Cl)c2)c1. The molecule has 0 radical (unpaired) electrons. The molecule has 3 aromatic carbocycles. The van der Waals surface area contributed by atoms with Crippen LogP contribution in [-0.2, 0) is 0 Å². The zero-order valence-corrected chi connectivity index (χ0v) is 21.7. The van der Waals surface area contributed by atoms with Crippen LogP contribution in [0.5, 0.6) is 5.75 Å². The maximum absolute atomic E-state index is 12.9. The molecule has 1 aliphatic rings. The lowest BCUT2D eigenvalue weighted by Crippen LogP contribution is -2.49. The van der Waals surface area contributed by atoms with Crippen molar-refractivity contribution in [2.45, 2.75) is 33.3 Å². The molecule has 0 aliphatic carbocycles. The van der Waals surface area contributed by atoms with Gasteiger partial charge in [0.05, 0.1) is 16.8 Å². The maximum atomic E-state index is 12.9. The van der Waals surface area contributed by atoms with Crippen LogP contribution in [-0.4, -0.2) is 49.0 Å². The number of amides is 2. The number of nitrogens with one attached hydrogen (secondary N) is 1. The van der Waals surface area contributed by atoms with E-state index in [2.05, 4.69) is 17.1 Å². The number of halogens is 1. The Morgan fingerprint density at radius 3 is 2.44 bits per heavy atom. The molecule has 1 N–H and O–H groups in total. The molecule has 188 valence electrons. The highest BCUT2D eigenvalue weighted by Gasteiger charge is 2.24. The van der Waals surface area contributed by atoms with E-state index >= 15 is 0 Å². The molecule has 0 bridgehead atoms. The van der Waals surface area contributed by atoms with Crippen molar-refractivity contribution in [1.29, 1.82) is 0 Å². The average Bonchev–Trinajstić information content (AvgIpc) is 2.89. The molecule has 0 spiro atoms. The highest BCUT2D eigenvalue weighted by atomic mass is 35.5. The number of carbonyl (C=O) groups is 2. The molecule has 7 heteroatoms. The Morgan fingerprint density at radius 1 is 1.00 bits per heavy atom. The first-order valence-corrected chi connectivity index (χ1v) is 12.7. The molecule has 1 aliphatic heterocycles. The van der Waals surface area contributed by atoms with Crippen molar-refractivity contribution in [2.75, 3.05) is 36.4 Å². The summed E-state index contributed by atoms with van der Waals surface area (Å²) >= 11 is 6.61. The molecule has 36 heavy (non-hydrogen) atoms. The minimum absolute atomic E-state index is 0.0653. The van der Waals surface area contributed by atoms with Crippen molar-refractivity contribution >= 4 is 34.8 Å². The van der Waals surface area contributed by atoms with E-state index in [9.17, 15) is 9.59 Å². The normalized spacial score (nSPS) is 14.3. The van der Waals surface area contributed by atoms with E-state index in [1.165, 1.54) is 0 Å². The lowest BCUT2D eigenvalue weighted by atomic mass is 10.1. The Labute approximate surface area is 217 Å². The van der Waals surface area contributed by atoms with Gasteiger partial charge in [0.2, 0.25) is 0 Å². The molecule has 1 heterocycles. The van der Waals surface area contributed by atoms with Crippen molar-refractivity contribution in [3.8, 4) is 5.75 Å². The molecule has 3 aromatic rings. The maximum Gasteiger partial charge on any atom is 0.255 e. The van der Waals surface area contributed by atoms with Gasteiger partial charge < -0.3 is 19.9 Å². The van der Waals surface area contributed by atoms with E-state index < -0.39 is 0 Å². The van der Waals surface area contributed by atoms with Gasteiger partial charge in [0.1, 0.15) is 5.75 Å². The molecular weight excluding hydrogens is 474 g/mol. The predicted molar refractivity (Wildman–Crippen MR) is 146 cm³/mol. The Morgan fingerprint density at radius 2 is 1.75 bits per heavy atom. The molecule has 0 saturated carbocycles. The van der Waals surface area contributed by atoms with Gasteiger partial charge in [0, 0.05) is 43.0 Å². The summed E-state index contributed by atoms with van der Waals surface area (Å²) in [5.74, 6) is 0.512. The van der Waals surface area contributed by atoms with Gasteiger partial charge >= 0.3 is 0 Å². The summed E-state index contributed by atoms with van der Waals surface area (Å²) in [6, 6.07) is 20.4. The fourth-order valence-electron chi connectivity index (χ4n) is 4.20. The molecule has 1 unspecified atom stereocenters. The summed E-state index contributed by atoms with van der Waals surface area (Å²) in [4.78, 5) is 29.8. The number of piperazine rings is 1. The quantitative estimate of drug-likeness (QED) is 0.425. The first-order valence-electron chi connectivity index (χ1n) is 12.3. The van der Waals surface area contributed by atoms with Crippen molar-refractivity contribution in [2.24, 2.45) is 0 Å². The Bertz CT molecular complexity index is 1240. The third-order valence-electron chi connectivity index (χ3n) is 6.50. The Hall–Kier alpha value is -3.51. The van der Waals surface area contributed by atoms with E-state index in [1.807, 2.05) is 67.3 Å². The zero-order valence-electron chi connectivity index (χ0n) is 21.0. The highest BCUT2D eigenvalue weighted by molar-refractivity contribution is 6.33. The largest absolute Gasteiger partial charge is 0.491 e. The second-order valence-electron chi connectivity index (χ2n) is 9.08. The number of hydrogen-bond donors (Lipinski definition) is 1. The summed E-state index contributed by atoms with van der Waals surface area (Å²) in [6.07, 6.45) is 0.969. The first-order chi connectivity index (χ1) is 17.4. The van der Waals surface area contributed by atoms with Crippen LogP contribution in [0.4, 0.5) is 11.4 Å². The van der Waals surface area contributed by atoms with Crippen LogP contribution in [0.25, 0.3) is 0 Å². The molecule has 0 aromatic heterocycles. The van der Waals surface area contributed by atoms with Gasteiger partial charge in [-0.25, -0.2) is 0 Å². The van der Waals surface area contributed by atoms with Crippen LogP contribution >= 0.6 is 11.6 Å². The third kappa shape index (κ3) is 6.00. The number of nitrogens with zero attached hydrogens (tertiary/aromatic N) is 2. The number of aryl methyl sites for hydroxylation is 1. The summed E-state index contributed by atoms with van der Waals surface area (Å²) in [7, 11) is 0. The first kappa shape index (κ1) is 25.6. The predicted octanol–water partition coefficient (Wildman–Crippen LogP) is 6.04. The number of rotatable bonds is 7. The Kier molecular flexibility index (Phi) is 8.16. The molecule has 2 amide bonds. The summed E-state index contributed by atoms with van der Waals surface area (Å²) in [5.41, 5.74) is 3.77. The van der Waals surface area contributed by atoms with Crippen LogP contribution < -0.4 is 15.0 Å². The number of hydrogen-bond acceptors (Lipinski definition) is 4. The van der Waals surface area contributed by atoms with E-state index in [-0.39, 0.29) is 17.9 Å². The summed E-state index contributed by atoms with van der Waals surface area (Å²) < 4.78 is 5.83. The number of anilines is 2. The number of benzene rings is 3. The van der Waals surface area contributed by atoms with Crippen LogP contribution in [0.3, 0.4) is 0 Å². The summed E-state index contributed by atoms with van der Waals surface area (Å²) in [5, 5.41) is 3.47. The topological polar surface area (TPSA) is 61.9 Å². The monoisotopic (exact) mass is 505 g/mol. The summed E-state index contributed by atoms with van der Waals surface area (Å²) in [6.45, 7) is 8.63. The lowest BCUT2D eigenvalue weighted by molar-refractivity contribution is 0.0746. The van der Waals surface area contributed by atoms with Gasteiger partial charge in [0.15, 0.2) is 0 Å². The molecule has 1 saturated heterocycles. The second-order valence-corrected chi connectivity index (χ2v) is 9.49. The van der Waals surface area contributed by atoms with Crippen LogP contribution in [0.2, 0.25) is 5.02 Å². The van der Waals surface area contributed by atoms with Crippen LogP contribution in [0.15, 0.2) is 66.7 Å². The zero-order chi connectivity index (χ0) is 25.7. The second kappa shape index (κ2) is 11.5. The van der Waals surface area contributed by atoms with Gasteiger partial charge in [-0.2, -0.15) is 0 Å². The third-order valence-corrected chi connectivity index (χ3v) is 6.80. The smallest absolute Gasteiger partial charge is 0.255 e. The average molecular weight is 506 g/mol. The van der Waals surface area contributed by atoms with Gasteiger partial charge in [-0.3, -0.25) is 9.59 Å². The molecule has 1 fully saturated rings. The fraction of sp³-hybridized carbons (Fsp3) is 0.310. The van der Waals surface area contributed by atoms with E-state index in [4.69, 9.17) is 16.3 Å². The van der Waals surface area contributed by atoms with Gasteiger partial charge in [0.25, 0.3) is 11.8 Å².